The Morgan fingerprint density at radius 2 is 1.79 bits per heavy atom. The van der Waals surface area contributed by atoms with Crippen LogP contribution in [-0.4, -0.2) is 33.3 Å². The van der Waals surface area contributed by atoms with Crippen molar-refractivity contribution in [1.29, 1.82) is 0 Å². The van der Waals surface area contributed by atoms with Crippen molar-refractivity contribution in [3.63, 3.8) is 0 Å². The SMILES string of the molecule is O=C(O)CCCCCCCNC(=O)c1nn(-c2ccc(F)cc2)c2c1CCC2. The second kappa shape index (κ2) is 9.48. The molecule has 0 saturated heterocycles. The molecule has 2 N–H and O–H groups in total. The molecule has 28 heavy (non-hydrogen) atoms. The van der Waals surface area contributed by atoms with Gasteiger partial charge in [-0.2, -0.15) is 5.10 Å². The normalized spacial score (nSPS) is 12.8. The van der Waals surface area contributed by atoms with Gasteiger partial charge in [-0.05, 0) is 56.4 Å². The Labute approximate surface area is 163 Å². The molecule has 1 aromatic carbocycles. The van der Waals surface area contributed by atoms with E-state index in [4.69, 9.17) is 5.11 Å². The van der Waals surface area contributed by atoms with Crippen LogP contribution < -0.4 is 5.32 Å². The number of fused-ring (bicyclic) bond motifs is 1. The van der Waals surface area contributed by atoms with Gasteiger partial charge in [0.1, 0.15) is 5.82 Å². The Balaban J connectivity index is 1.52. The third kappa shape index (κ3) is 4.97. The smallest absolute Gasteiger partial charge is 0.303 e. The molecule has 0 spiro atoms. The lowest BCUT2D eigenvalue weighted by Gasteiger charge is -2.06. The van der Waals surface area contributed by atoms with Crippen LogP contribution >= 0.6 is 0 Å². The van der Waals surface area contributed by atoms with Crippen LogP contribution in [0.5, 0.6) is 0 Å². The molecule has 7 heteroatoms. The van der Waals surface area contributed by atoms with Crippen molar-refractivity contribution in [3.05, 3.63) is 47.0 Å². The van der Waals surface area contributed by atoms with Crippen LogP contribution in [0.1, 0.15) is 66.7 Å². The number of hydrogen-bond acceptors (Lipinski definition) is 3. The van der Waals surface area contributed by atoms with E-state index in [-0.39, 0.29) is 18.1 Å². The van der Waals surface area contributed by atoms with Crippen molar-refractivity contribution in [2.75, 3.05) is 6.54 Å². The van der Waals surface area contributed by atoms with E-state index in [2.05, 4.69) is 10.4 Å². The third-order valence-corrected chi connectivity index (χ3v) is 5.07. The van der Waals surface area contributed by atoms with Gasteiger partial charge in [-0.15, -0.1) is 0 Å². The van der Waals surface area contributed by atoms with Gasteiger partial charge in [0, 0.05) is 24.2 Å². The Kier molecular flexibility index (Phi) is 6.79. The highest BCUT2D eigenvalue weighted by Crippen LogP contribution is 2.27. The maximum atomic E-state index is 13.2. The molecule has 0 unspecified atom stereocenters. The Morgan fingerprint density at radius 1 is 1.07 bits per heavy atom. The number of rotatable bonds is 10. The van der Waals surface area contributed by atoms with Crippen LogP contribution in [0.15, 0.2) is 24.3 Å². The first-order chi connectivity index (χ1) is 13.6. The number of aliphatic carboxylic acids is 1. The molecule has 1 amide bonds. The van der Waals surface area contributed by atoms with Crippen molar-refractivity contribution >= 4 is 11.9 Å². The van der Waals surface area contributed by atoms with Crippen molar-refractivity contribution in [3.8, 4) is 5.69 Å². The third-order valence-electron chi connectivity index (χ3n) is 5.07. The minimum atomic E-state index is -0.750. The lowest BCUT2D eigenvalue weighted by Crippen LogP contribution is -2.26. The van der Waals surface area contributed by atoms with E-state index in [9.17, 15) is 14.0 Å². The van der Waals surface area contributed by atoms with Gasteiger partial charge in [-0.25, -0.2) is 9.07 Å². The standard InChI is InChI=1S/C21H26FN3O3/c22-15-10-12-16(13-11-15)25-18-8-6-7-17(18)20(24-25)21(28)23-14-5-3-1-2-4-9-19(26)27/h10-13H,1-9,14H2,(H,23,28)(H,26,27). The number of benzene rings is 1. The van der Waals surface area contributed by atoms with E-state index in [1.807, 2.05) is 0 Å². The first-order valence-corrected chi connectivity index (χ1v) is 9.93. The molecule has 0 bridgehead atoms. The topological polar surface area (TPSA) is 84.2 Å². The zero-order valence-corrected chi connectivity index (χ0v) is 15.9. The second-order valence-corrected chi connectivity index (χ2v) is 7.18. The molecule has 0 radical (unpaired) electrons. The number of unbranched alkanes of at least 4 members (excludes halogenated alkanes) is 4. The number of amides is 1. The quantitative estimate of drug-likeness (QED) is 0.610. The zero-order chi connectivity index (χ0) is 19.9. The van der Waals surface area contributed by atoms with E-state index in [0.717, 1.165) is 61.9 Å². The summed E-state index contributed by atoms with van der Waals surface area (Å²) in [5.74, 6) is -1.21. The fourth-order valence-electron chi connectivity index (χ4n) is 3.63. The predicted octanol–water partition coefficient (Wildman–Crippen LogP) is 3.66. The molecule has 0 saturated carbocycles. The summed E-state index contributed by atoms with van der Waals surface area (Å²) in [5, 5.41) is 16.1. The first-order valence-electron chi connectivity index (χ1n) is 9.93. The van der Waals surface area contributed by atoms with Crippen LogP contribution in [0.2, 0.25) is 0 Å². The van der Waals surface area contributed by atoms with E-state index in [1.54, 1.807) is 16.8 Å². The molecule has 1 aliphatic carbocycles. The molecule has 0 fully saturated rings. The van der Waals surface area contributed by atoms with Crippen molar-refractivity contribution in [2.24, 2.45) is 0 Å². The van der Waals surface area contributed by atoms with Gasteiger partial charge >= 0.3 is 5.97 Å². The maximum Gasteiger partial charge on any atom is 0.303 e. The van der Waals surface area contributed by atoms with Gasteiger partial charge in [-0.1, -0.05) is 19.3 Å². The van der Waals surface area contributed by atoms with Gasteiger partial charge in [0.2, 0.25) is 0 Å². The fraction of sp³-hybridized carbons (Fsp3) is 0.476. The zero-order valence-electron chi connectivity index (χ0n) is 15.9. The van der Waals surface area contributed by atoms with Crippen molar-refractivity contribution in [1.82, 2.24) is 15.1 Å². The summed E-state index contributed by atoms with van der Waals surface area (Å²) in [5.41, 5.74) is 3.27. The van der Waals surface area contributed by atoms with Crippen molar-refractivity contribution < 1.29 is 19.1 Å². The molecule has 1 heterocycles. The summed E-state index contributed by atoms with van der Waals surface area (Å²) in [4.78, 5) is 23.1. The van der Waals surface area contributed by atoms with E-state index >= 15 is 0 Å². The summed E-state index contributed by atoms with van der Waals surface area (Å²) in [6.07, 6.45) is 7.31. The molecule has 150 valence electrons. The summed E-state index contributed by atoms with van der Waals surface area (Å²) in [7, 11) is 0. The van der Waals surface area contributed by atoms with Crippen molar-refractivity contribution in [2.45, 2.75) is 57.8 Å². The number of carbonyl (C=O) groups is 2. The van der Waals surface area contributed by atoms with E-state index < -0.39 is 5.97 Å². The minimum Gasteiger partial charge on any atom is -0.481 e. The summed E-state index contributed by atoms with van der Waals surface area (Å²) in [6.45, 7) is 0.579. The number of aromatic nitrogens is 2. The Hall–Kier alpha value is -2.70. The fourth-order valence-corrected chi connectivity index (χ4v) is 3.63. The number of carboxylic acids is 1. The average molecular weight is 387 g/mol. The molecule has 2 aromatic rings. The second-order valence-electron chi connectivity index (χ2n) is 7.18. The number of nitrogens with one attached hydrogen (secondary N) is 1. The summed E-state index contributed by atoms with van der Waals surface area (Å²) in [6, 6.07) is 6.14. The van der Waals surface area contributed by atoms with Gasteiger partial charge in [0.15, 0.2) is 5.69 Å². The van der Waals surface area contributed by atoms with Gasteiger partial charge in [-0.3, -0.25) is 9.59 Å². The monoisotopic (exact) mass is 387 g/mol. The first kappa shape index (κ1) is 20.0. The van der Waals surface area contributed by atoms with Gasteiger partial charge < -0.3 is 10.4 Å². The van der Waals surface area contributed by atoms with Crippen LogP contribution in [0.25, 0.3) is 5.69 Å². The lowest BCUT2D eigenvalue weighted by atomic mass is 10.1. The summed E-state index contributed by atoms with van der Waals surface area (Å²) >= 11 is 0. The Morgan fingerprint density at radius 3 is 2.54 bits per heavy atom. The number of halogens is 1. The predicted molar refractivity (Wildman–Crippen MR) is 103 cm³/mol. The highest BCUT2D eigenvalue weighted by Gasteiger charge is 2.26. The van der Waals surface area contributed by atoms with Gasteiger partial charge in [0.25, 0.3) is 5.91 Å². The molecule has 1 aliphatic rings. The maximum absolute atomic E-state index is 13.2. The molecule has 3 rings (SSSR count). The van der Waals surface area contributed by atoms with E-state index in [1.165, 1.54) is 12.1 Å². The molecular weight excluding hydrogens is 361 g/mol. The molecule has 1 aromatic heterocycles. The van der Waals surface area contributed by atoms with Crippen LogP contribution in [0.4, 0.5) is 4.39 Å². The van der Waals surface area contributed by atoms with Crippen LogP contribution in [-0.2, 0) is 17.6 Å². The average Bonchev–Trinajstić information content (AvgIpc) is 3.27. The van der Waals surface area contributed by atoms with E-state index in [0.29, 0.717) is 18.7 Å². The molecule has 0 atom stereocenters. The van der Waals surface area contributed by atoms with Crippen LogP contribution in [0.3, 0.4) is 0 Å². The van der Waals surface area contributed by atoms with Gasteiger partial charge in [0.05, 0.1) is 5.69 Å². The number of hydrogen-bond donors (Lipinski definition) is 2. The van der Waals surface area contributed by atoms with Crippen LogP contribution in [0, 0.1) is 5.82 Å². The molecular formula is C21H26FN3O3. The summed E-state index contributed by atoms with van der Waals surface area (Å²) < 4.78 is 15.0. The number of nitrogens with zero attached hydrogens (tertiary/aromatic N) is 2. The largest absolute Gasteiger partial charge is 0.481 e. The lowest BCUT2D eigenvalue weighted by molar-refractivity contribution is -0.137. The highest BCUT2D eigenvalue weighted by atomic mass is 19.1. The minimum absolute atomic E-state index is 0.162. The number of carbonyl (C=O) groups excluding carboxylic acids is 1. The highest BCUT2D eigenvalue weighted by molar-refractivity contribution is 5.94. The molecule has 0 aliphatic heterocycles. The molecule has 6 nitrogen and oxygen atoms in total. The number of carboxylic acid groups (broad SMARTS) is 1. The Bertz CT molecular complexity index is 830.